The fourth-order valence-corrected chi connectivity index (χ4v) is 1.15. The number of ether oxygens (including phenoxy) is 2. The highest BCUT2D eigenvalue weighted by atomic mass is 16.6. The van der Waals surface area contributed by atoms with Gasteiger partial charge >= 0.3 is 12.1 Å². The van der Waals surface area contributed by atoms with Crippen molar-refractivity contribution in [3.8, 4) is 0 Å². The van der Waals surface area contributed by atoms with E-state index in [1.807, 2.05) is 30.3 Å². The van der Waals surface area contributed by atoms with Gasteiger partial charge in [0.2, 0.25) is 0 Å². The van der Waals surface area contributed by atoms with Gasteiger partial charge in [0.05, 0.1) is 13.1 Å². The van der Waals surface area contributed by atoms with Crippen molar-refractivity contribution >= 4 is 12.1 Å². The number of amides is 1. The van der Waals surface area contributed by atoms with Gasteiger partial charge in [-0.3, -0.25) is 4.79 Å². The number of esters is 1. The molecule has 0 aromatic heterocycles. The molecule has 0 unspecified atom stereocenters. The molecule has 0 atom stereocenters. The summed E-state index contributed by atoms with van der Waals surface area (Å²) in [4.78, 5) is 21.9. The van der Waals surface area contributed by atoms with Crippen LogP contribution in [0.1, 0.15) is 5.56 Å². The molecule has 0 fully saturated rings. The van der Waals surface area contributed by atoms with Crippen molar-refractivity contribution in [2.75, 3.05) is 19.7 Å². The Morgan fingerprint density at radius 2 is 1.89 bits per heavy atom. The summed E-state index contributed by atoms with van der Waals surface area (Å²) in [5.41, 5.74) is 5.94. The topological polar surface area (TPSA) is 90.7 Å². The number of rotatable bonds is 6. The van der Waals surface area contributed by atoms with Crippen LogP contribution in [0.3, 0.4) is 0 Å². The number of alkyl carbamates (subject to hydrolysis) is 1. The quantitative estimate of drug-likeness (QED) is 0.565. The van der Waals surface area contributed by atoms with Crippen molar-refractivity contribution in [1.29, 1.82) is 0 Å². The molecule has 0 aliphatic carbocycles. The SMILES string of the molecule is NCC(=O)OCCNC(=O)OCc1ccccc1. The van der Waals surface area contributed by atoms with Crippen molar-refractivity contribution in [3.05, 3.63) is 35.9 Å². The number of hydrogen-bond donors (Lipinski definition) is 2. The number of nitrogens with two attached hydrogens (primary N) is 1. The van der Waals surface area contributed by atoms with Gasteiger partial charge < -0.3 is 20.5 Å². The van der Waals surface area contributed by atoms with E-state index in [0.717, 1.165) is 5.56 Å². The van der Waals surface area contributed by atoms with Crippen molar-refractivity contribution in [2.45, 2.75) is 6.61 Å². The Hall–Kier alpha value is -2.08. The van der Waals surface area contributed by atoms with Crippen LogP contribution in [0.2, 0.25) is 0 Å². The molecule has 0 aliphatic heterocycles. The van der Waals surface area contributed by atoms with E-state index in [9.17, 15) is 9.59 Å². The zero-order valence-corrected chi connectivity index (χ0v) is 9.93. The van der Waals surface area contributed by atoms with Gasteiger partial charge in [-0.25, -0.2) is 4.79 Å². The second-order valence-electron chi connectivity index (χ2n) is 3.41. The molecule has 0 heterocycles. The molecule has 0 spiro atoms. The maximum atomic E-state index is 11.2. The number of carbonyl (C=O) groups excluding carboxylic acids is 2. The van der Waals surface area contributed by atoms with E-state index in [1.54, 1.807) is 0 Å². The van der Waals surface area contributed by atoms with Gasteiger partial charge in [-0.15, -0.1) is 0 Å². The van der Waals surface area contributed by atoms with E-state index in [2.05, 4.69) is 10.1 Å². The first kappa shape index (κ1) is 14.0. The smallest absolute Gasteiger partial charge is 0.407 e. The minimum atomic E-state index is -0.553. The summed E-state index contributed by atoms with van der Waals surface area (Å²) in [5, 5.41) is 2.45. The normalized spacial score (nSPS) is 9.61. The van der Waals surface area contributed by atoms with E-state index >= 15 is 0 Å². The van der Waals surface area contributed by atoms with E-state index in [4.69, 9.17) is 10.5 Å². The van der Waals surface area contributed by atoms with Gasteiger partial charge in [0, 0.05) is 0 Å². The van der Waals surface area contributed by atoms with E-state index in [0.29, 0.717) is 0 Å². The summed E-state index contributed by atoms with van der Waals surface area (Å²) in [6.07, 6.45) is -0.553. The zero-order valence-electron chi connectivity index (χ0n) is 9.93. The molecule has 18 heavy (non-hydrogen) atoms. The Balaban J connectivity index is 2.09. The van der Waals surface area contributed by atoms with Gasteiger partial charge in [0.25, 0.3) is 0 Å². The van der Waals surface area contributed by atoms with Gasteiger partial charge in [0.1, 0.15) is 13.2 Å². The molecule has 0 aliphatic rings. The average Bonchev–Trinajstić information content (AvgIpc) is 2.42. The van der Waals surface area contributed by atoms with Gasteiger partial charge in [-0.1, -0.05) is 30.3 Å². The molecule has 0 saturated carbocycles. The number of hydrogen-bond acceptors (Lipinski definition) is 5. The monoisotopic (exact) mass is 252 g/mol. The van der Waals surface area contributed by atoms with E-state index in [-0.39, 0.29) is 26.3 Å². The first-order valence-corrected chi connectivity index (χ1v) is 5.52. The fourth-order valence-electron chi connectivity index (χ4n) is 1.15. The van der Waals surface area contributed by atoms with Crippen molar-refractivity contribution < 1.29 is 19.1 Å². The van der Waals surface area contributed by atoms with Gasteiger partial charge in [-0.05, 0) is 5.56 Å². The second-order valence-corrected chi connectivity index (χ2v) is 3.41. The average molecular weight is 252 g/mol. The van der Waals surface area contributed by atoms with Crippen molar-refractivity contribution in [3.63, 3.8) is 0 Å². The molecule has 0 radical (unpaired) electrons. The van der Waals surface area contributed by atoms with Crippen LogP contribution >= 0.6 is 0 Å². The third-order valence-corrected chi connectivity index (χ3v) is 2.01. The zero-order chi connectivity index (χ0) is 13.2. The summed E-state index contributed by atoms with van der Waals surface area (Å²) in [5.74, 6) is -0.505. The number of carbonyl (C=O) groups is 2. The lowest BCUT2D eigenvalue weighted by Crippen LogP contribution is -2.29. The first-order chi connectivity index (χ1) is 8.72. The lowest BCUT2D eigenvalue weighted by molar-refractivity contribution is -0.141. The summed E-state index contributed by atoms with van der Waals surface area (Å²) in [6, 6.07) is 9.33. The summed E-state index contributed by atoms with van der Waals surface area (Å²) in [7, 11) is 0. The maximum Gasteiger partial charge on any atom is 0.407 e. The lowest BCUT2D eigenvalue weighted by Gasteiger charge is -2.07. The number of nitrogens with one attached hydrogen (secondary N) is 1. The fraction of sp³-hybridized carbons (Fsp3) is 0.333. The highest BCUT2D eigenvalue weighted by Crippen LogP contribution is 2.00. The molecule has 3 N–H and O–H groups in total. The lowest BCUT2D eigenvalue weighted by atomic mass is 10.2. The van der Waals surface area contributed by atoms with Crippen molar-refractivity contribution in [1.82, 2.24) is 5.32 Å². The van der Waals surface area contributed by atoms with Crippen LogP contribution in [0, 0.1) is 0 Å². The molecule has 0 bridgehead atoms. The molecular formula is C12H16N2O4. The minimum Gasteiger partial charge on any atom is -0.463 e. The summed E-state index contributed by atoms with van der Waals surface area (Å²) < 4.78 is 9.62. The standard InChI is InChI=1S/C12H16N2O4/c13-8-11(15)17-7-6-14-12(16)18-9-10-4-2-1-3-5-10/h1-5H,6-9,13H2,(H,14,16). The van der Waals surface area contributed by atoms with E-state index < -0.39 is 12.1 Å². The van der Waals surface area contributed by atoms with E-state index in [1.165, 1.54) is 0 Å². The predicted molar refractivity (Wildman–Crippen MR) is 64.6 cm³/mol. The molecule has 6 nitrogen and oxygen atoms in total. The highest BCUT2D eigenvalue weighted by molar-refractivity contribution is 5.71. The summed E-state index contributed by atoms with van der Waals surface area (Å²) in [6.45, 7) is 0.309. The largest absolute Gasteiger partial charge is 0.463 e. The van der Waals surface area contributed by atoms with Gasteiger partial charge in [0.15, 0.2) is 0 Å². The van der Waals surface area contributed by atoms with Crippen molar-refractivity contribution in [2.24, 2.45) is 5.73 Å². The van der Waals surface area contributed by atoms with Crippen LogP contribution in [-0.2, 0) is 20.9 Å². The Morgan fingerprint density at radius 3 is 2.56 bits per heavy atom. The molecule has 1 rings (SSSR count). The Bertz CT molecular complexity index is 381. The minimum absolute atomic E-state index is 0.0798. The maximum absolute atomic E-state index is 11.2. The summed E-state index contributed by atoms with van der Waals surface area (Å²) >= 11 is 0. The van der Waals surface area contributed by atoms with Crippen LogP contribution in [0.4, 0.5) is 4.79 Å². The first-order valence-electron chi connectivity index (χ1n) is 5.52. The predicted octanol–water partition coefficient (Wildman–Crippen LogP) is 0.415. The Morgan fingerprint density at radius 1 is 1.17 bits per heavy atom. The van der Waals surface area contributed by atoms with Gasteiger partial charge in [-0.2, -0.15) is 0 Å². The molecule has 1 aromatic carbocycles. The third-order valence-electron chi connectivity index (χ3n) is 2.01. The van der Waals surface area contributed by atoms with Crippen LogP contribution in [0.5, 0.6) is 0 Å². The Labute approximate surface area is 105 Å². The van der Waals surface area contributed by atoms with Crippen LogP contribution in [0.15, 0.2) is 30.3 Å². The second kappa shape index (κ2) is 8.08. The molecule has 98 valence electrons. The Kier molecular flexibility index (Phi) is 6.27. The van der Waals surface area contributed by atoms with Crippen LogP contribution in [-0.4, -0.2) is 31.8 Å². The van der Waals surface area contributed by atoms with Crippen LogP contribution in [0.25, 0.3) is 0 Å². The molecule has 1 aromatic rings. The number of benzene rings is 1. The highest BCUT2D eigenvalue weighted by Gasteiger charge is 2.03. The molecule has 6 heteroatoms. The molecule has 1 amide bonds. The molecule has 0 saturated heterocycles. The molecular weight excluding hydrogens is 236 g/mol. The van der Waals surface area contributed by atoms with Crippen LogP contribution < -0.4 is 11.1 Å². The third kappa shape index (κ3) is 5.86.